The van der Waals surface area contributed by atoms with Crippen molar-refractivity contribution in [1.82, 2.24) is 14.7 Å². The van der Waals surface area contributed by atoms with Crippen molar-refractivity contribution in [3.8, 4) is 0 Å². The van der Waals surface area contributed by atoms with Gasteiger partial charge in [-0.15, -0.1) is 0 Å². The Morgan fingerprint density at radius 3 is 0.510 bits per heavy atom. The molecule has 0 atom stereocenters. The standard InChI is InChI=1S/3C13H23NS2.Tl/c3*15-13(16)14(11-7-3-1-4-8-11)12-9-5-2-6-10-12;/h3*11-12H,1-10H2,(H,15,16);/q;;;+3/p-3. The zero-order valence-electron chi connectivity index (χ0n) is 30.5. The van der Waals surface area contributed by atoms with E-state index in [0.29, 0.717) is 36.3 Å². The van der Waals surface area contributed by atoms with Gasteiger partial charge in [0, 0.05) is 36.3 Å². The van der Waals surface area contributed by atoms with Crippen LogP contribution in [0.15, 0.2) is 0 Å². The SMILES string of the molecule is S=C([S-])N(C1CCCCC1)C1CCCCC1.S=C([S-])N(C1CCCCC1)C1CCCCC1.S=C([S-])N(C1CCCCC1)C1CCCCC1.[Tl+3]. The van der Waals surface area contributed by atoms with Crippen molar-refractivity contribution in [3.63, 3.8) is 0 Å². The van der Waals surface area contributed by atoms with E-state index in [1.165, 1.54) is 193 Å². The second-order valence-corrected chi connectivity index (χ2v) is 18.9. The van der Waals surface area contributed by atoms with Gasteiger partial charge in [0.05, 0.1) is 0 Å². The van der Waals surface area contributed by atoms with Gasteiger partial charge in [0.2, 0.25) is 0 Å². The maximum atomic E-state index is 5.32. The molecule has 6 fully saturated rings. The number of nitrogens with zero attached hydrogens (tertiary/aromatic N) is 3. The number of thiocarbonyl (C=S) groups is 3. The molecule has 3 nitrogen and oxygen atoms in total. The van der Waals surface area contributed by atoms with E-state index in [4.69, 9.17) is 74.5 Å². The van der Waals surface area contributed by atoms with Crippen LogP contribution in [0.5, 0.6) is 0 Å². The van der Waals surface area contributed by atoms with E-state index in [9.17, 15) is 0 Å². The molecule has 0 aromatic carbocycles. The van der Waals surface area contributed by atoms with Crippen molar-refractivity contribution >= 4 is 115 Å². The summed E-state index contributed by atoms with van der Waals surface area (Å²) in [5.41, 5.74) is 0. The van der Waals surface area contributed by atoms with Crippen LogP contribution in [0.25, 0.3) is 0 Å². The van der Waals surface area contributed by atoms with Crippen molar-refractivity contribution in [2.24, 2.45) is 0 Å². The Labute approximate surface area is 355 Å². The zero-order chi connectivity index (χ0) is 34.1. The molecular formula is C39H66N3S6Tl. The van der Waals surface area contributed by atoms with Crippen molar-refractivity contribution in [3.05, 3.63) is 0 Å². The van der Waals surface area contributed by atoms with Crippen molar-refractivity contribution in [2.45, 2.75) is 229 Å². The van der Waals surface area contributed by atoms with E-state index in [2.05, 4.69) is 14.7 Å². The average Bonchev–Trinajstić information content (AvgIpc) is 3.12. The summed E-state index contributed by atoms with van der Waals surface area (Å²) in [6.45, 7) is 0. The average molecular weight is 974 g/mol. The molecule has 49 heavy (non-hydrogen) atoms. The van der Waals surface area contributed by atoms with E-state index < -0.39 is 0 Å². The fraction of sp³-hybridized carbons (Fsp3) is 0.923. The van der Waals surface area contributed by atoms with Crippen LogP contribution in [-0.2, 0) is 37.9 Å². The van der Waals surface area contributed by atoms with Crippen LogP contribution < -0.4 is 0 Å². The minimum atomic E-state index is 0. The van der Waals surface area contributed by atoms with Gasteiger partial charge in [0.15, 0.2) is 0 Å². The molecule has 0 heterocycles. The second kappa shape index (κ2) is 25.4. The minimum absolute atomic E-state index is 0. The van der Waals surface area contributed by atoms with Gasteiger partial charge in [-0.3, -0.25) is 0 Å². The first-order chi connectivity index (χ1) is 23.4. The summed E-state index contributed by atoms with van der Waals surface area (Å²) in [6.07, 6.45) is 40.6. The maximum Gasteiger partial charge on any atom is 3.00 e. The van der Waals surface area contributed by atoms with Gasteiger partial charge in [-0.2, -0.15) is 0 Å². The van der Waals surface area contributed by atoms with Crippen LogP contribution in [0.1, 0.15) is 193 Å². The fourth-order valence-electron chi connectivity index (χ4n) is 9.94. The molecule has 0 saturated heterocycles. The molecular weight excluding hydrogens is 907 g/mol. The predicted octanol–water partition coefficient (Wildman–Crippen LogP) is 11.0. The van der Waals surface area contributed by atoms with Crippen molar-refractivity contribution in [2.75, 3.05) is 0 Å². The number of rotatable bonds is 6. The molecule has 0 unspecified atom stereocenters. The number of hydrogen-bond donors (Lipinski definition) is 0. The fourth-order valence-corrected chi connectivity index (χ4v) is 11.7. The maximum absolute atomic E-state index is 5.32. The molecule has 0 N–H and O–H groups in total. The third kappa shape index (κ3) is 15.1. The Hall–Kier alpha value is 1.25. The van der Waals surface area contributed by atoms with Gasteiger partial charge in [-0.25, -0.2) is 0 Å². The summed E-state index contributed by atoms with van der Waals surface area (Å²) >= 11 is 31.9. The van der Waals surface area contributed by atoms with Gasteiger partial charge in [0.1, 0.15) is 0 Å². The van der Waals surface area contributed by atoms with Gasteiger partial charge in [0.25, 0.3) is 0 Å². The van der Waals surface area contributed by atoms with Crippen molar-refractivity contribution < 1.29 is 0 Å². The third-order valence-corrected chi connectivity index (χ3v) is 13.7. The molecule has 0 aromatic heterocycles. The molecule has 276 valence electrons. The molecule has 6 saturated carbocycles. The van der Waals surface area contributed by atoms with Crippen LogP contribution in [0.4, 0.5) is 0 Å². The molecule has 0 aliphatic heterocycles. The summed E-state index contributed by atoms with van der Waals surface area (Å²) in [6, 6.07) is 4.01. The minimum Gasteiger partial charge on any atom is -0.411 e. The predicted molar refractivity (Wildman–Crippen MR) is 232 cm³/mol. The summed E-state index contributed by atoms with van der Waals surface area (Å²) in [5, 5.41) is 0. The van der Waals surface area contributed by atoms with Gasteiger partial charge in [-0.05, 0) is 77.0 Å². The van der Waals surface area contributed by atoms with Crippen LogP contribution in [0.2, 0.25) is 0 Å². The van der Waals surface area contributed by atoms with Crippen LogP contribution >= 0.6 is 36.7 Å². The van der Waals surface area contributed by atoms with Crippen LogP contribution in [0, 0.1) is 0 Å². The van der Waals surface area contributed by atoms with Gasteiger partial charge >= 0.3 is 27.3 Å². The van der Waals surface area contributed by atoms with Crippen LogP contribution in [-0.4, -0.2) is 91.2 Å². The summed E-state index contributed by atoms with van der Waals surface area (Å²) < 4.78 is 2.20. The smallest absolute Gasteiger partial charge is 0.411 e. The Morgan fingerprint density at radius 1 is 0.286 bits per heavy atom. The second-order valence-electron chi connectivity index (χ2n) is 15.8. The zero-order valence-corrected chi connectivity index (χ0v) is 39.9. The third-order valence-electron chi connectivity index (χ3n) is 12.4. The Morgan fingerprint density at radius 2 is 0.408 bits per heavy atom. The first-order valence-corrected chi connectivity index (χ1v) is 22.8. The molecule has 6 aliphatic carbocycles. The molecule has 6 aliphatic rings. The first-order valence-electron chi connectivity index (χ1n) is 20.3. The van der Waals surface area contributed by atoms with E-state index >= 15 is 0 Å². The van der Waals surface area contributed by atoms with Gasteiger partial charge < -0.3 is 89.2 Å². The Bertz CT molecular complexity index is 762. The van der Waals surface area contributed by atoms with E-state index in [0.717, 1.165) is 13.0 Å². The topological polar surface area (TPSA) is 9.72 Å². The Kier molecular flexibility index (Phi) is 23.1. The monoisotopic (exact) mass is 973 g/mol. The van der Waals surface area contributed by atoms with Crippen molar-refractivity contribution in [1.29, 1.82) is 0 Å². The first kappa shape index (κ1) is 44.6. The summed E-state index contributed by atoms with van der Waals surface area (Å²) in [5.74, 6) is 0. The van der Waals surface area contributed by atoms with Gasteiger partial charge in [-0.1, -0.05) is 129 Å². The number of hydrogen-bond acceptors (Lipinski definition) is 6. The Balaban J connectivity index is 0.000000197. The summed E-state index contributed by atoms with van der Waals surface area (Å²) in [4.78, 5) is 7.30. The molecule has 0 bridgehead atoms. The van der Waals surface area contributed by atoms with Crippen LogP contribution in [0.3, 0.4) is 0 Å². The molecule has 0 aromatic rings. The molecule has 0 amide bonds. The summed E-state index contributed by atoms with van der Waals surface area (Å²) in [7, 11) is 0. The van der Waals surface area contributed by atoms with E-state index in [1.54, 1.807) is 0 Å². The normalized spacial score (nSPS) is 23.8. The van der Waals surface area contributed by atoms with E-state index in [1.807, 2.05) is 0 Å². The molecule has 0 spiro atoms. The molecule has 6 rings (SSSR count). The molecule has 0 radical (unpaired) electrons. The molecule has 10 heteroatoms. The largest absolute Gasteiger partial charge is 3.00 e. The quantitative estimate of drug-likeness (QED) is 0.145. The van der Waals surface area contributed by atoms with E-state index in [-0.39, 0.29) is 27.3 Å².